The highest BCUT2D eigenvalue weighted by Crippen LogP contribution is 2.23. The zero-order valence-corrected chi connectivity index (χ0v) is 12.5. The Balaban J connectivity index is 2.14. The minimum absolute atomic E-state index is 0.134. The molecular formula is C12H18N4O3S. The number of primary sulfonamides is 1. The van der Waals surface area contributed by atoms with Crippen LogP contribution in [0.4, 0.5) is 0 Å². The van der Waals surface area contributed by atoms with Gasteiger partial charge in [0.1, 0.15) is 12.1 Å². The van der Waals surface area contributed by atoms with Crippen LogP contribution in [0.1, 0.15) is 19.4 Å². The molecular weight excluding hydrogens is 280 g/mol. The number of rotatable bonds is 5. The molecule has 2 rings (SSSR count). The highest BCUT2D eigenvalue weighted by Gasteiger charge is 2.25. The van der Waals surface area contributed by atoms with Gasteiger partial charge in [0.25, 0.3) is 0 Å². The van der Waals surface area contributed by atoms with Crippen molar-refractivity contribution in [1.82, 2.24) is 14.6 Å². The van der Waals surface area contributed by atoms with E-state index in [4.69, 9.17) is 9.88 Å². The topological polar surface area (TPSA) is 99.6 Å². The zero-order chi connectivity index (χ0) is 15.0. The summed E-state index contributed by atoms with van der Waals surface area (Å²) in [4.78, 5) is 4.08. The molecule has 0 amide bonds. The molecule has 20 heavy (non-hydrogen) atoms. The maximum Gasteiger partial charge on any atom is 0.209 e. The molecule has 0 aromatic carbocycles. The van der Waals surface area contributed by atoms with Crippen LogP contribution in [0.5, 0.6) is 5.75 Å². The van der Waals surface area contributed by atoms with Crippen molar-refractivity contribution in [1.29, 1.82) is 0 Å². The van der Waals surface area contributed by atoms with Gasteiger partial charge in [-0.3, -0.25) is 0 Å². The molecule has 2 heterocycles. The summed E-state index contributed by atoms with van der Waals surface area (Å²) >= 11 is 0. The van der Waals surface area contributed by atoms with E-state index in [1.54, 1.807) is 24.6 Å². The van der Waals surface area contributed by atoms with Crippen LogP contribution in [0.15, 0.2) is 18.6 Å². The molecule has 0 radical (unpaired) electrons. The van der Waals surface area contributed by atoms with Gasteiger partial charge in [0.05, 0.1) is 18.6 Å². The minimum atomic E-state index is -3.53. The number of aryl methyl sites for hydroxylation is 1. The van der Waals surface area contributed by atoms with E-state index >= 15 is 0 Å². The average Bonchev–Trinajstić information content (AvgIpc) is 2.69. The Morgan fingerprint density at radius 3 is 2.80 bits per heavy atom. The molecule has 0 aliphatic rings. The number of nitrogens with two attached hydrogens (primary N) is 1. The Hall–Kier alpha value is -1.67. The van der Waals surface area contributed by atoms with Gasteiger partial charge in [-0.25, -0.2) is 23.1 Å². The number of hydrogen-bond donors (Lipinski definition) is 1. The summed E-state index contributed by atoms with van der Waals surface area (Å²) in [5, 5.41) is 9.11. The predicted octanol–water partition coefficient (Wildman–Crippen LogP) is 0.731. The van der Waals surface area contributed by atoms with Crippen molar-refractivity contribution < 1.29 is 13.2 Å². The van der Waals surface area contributed by atoms with E-state index in [-0.39, 0.29) is 12.4 Å². The molecule has 0 atom stereocenters. The second kappa shape index (κ2) is 5.02. The van der Waals surface area contributed by atoms with Gasteiger partial charge in [-0.05, 0) is 18.6 Å². The third-order valence-electron chi connectivity index (χ3n) is 2.78. The SMILES string of the molecule is Cc1cc2ncnn2cc1OCC(C)(C)CS(N)(=O)=O. The van der Waals surface area contributed by atoms with Crippen molar-refractivity contribution in [3.05, 3.63) is 24.2 Å². The number of nitrogens with zero attached hydrogens (tertiary/aromatic N) is 3. The molecule has 0 aliphatic carbocycles. The summed E-state index contributed by atoms with van der Waals surface area (Å²) in [5.41, 5.74) is 1.08. The number of pyridine rings is 1. The summed E-state index contributed by atoms with van der Waals surface area (Å²) in [7, 11) is -3.53. The lowest BCUT2D eigenvalue weighted by Gasteiger charge is -2.23. The molecule has 110 valence electrons. The summed E-state index contributed by atoms with van der Waals surface area (Å²) in [6, 6.07) is 1.86. The normalized spacial score (nSPS) is 12.8. The first kappa shape index (κ1) is 14.7. The van der Waals surface area contributed by atoms with Crippen molar-refractivity contribution >= 4 is 15.7 Å². The lowest BCUT2D eigenvalue weighted by Crippen LogP contribution is -2.33. The molecule has 0 bridgehead atoms. The van der Waals surface area contributed by atoms with Gasteiger partial charge in [-0.1, -0.05) is 13.8 Å². The Morgan fingerprint density at radius 2 is 2.15 bits per heavy atom. The Morgan fingerprint density at radius 1 is 1.45 bits per heavy atom. The summed E-state index contributed by atoms with van der Waals surface area (Å²) < 4.78 is 29.7. The van der Waals surface area contributed by atoms with E-state index in [1.165, 1.54) is 6.33 Å². The van der Waals surface area contributed by atoms with Crippen LogP contribution in [0.2, 0.25) is 0 Å². The predicted molar refractivity (Wildman–Crippen MR) is 75.0 cm³/mol. The number of ether oxygens (including phenoxy) is 1. The fourth-order valence-electron chi connectivity index (χ4n) is 1.95. The summed E-state index contributed by atoms with van der Waals surface area (Å²) in [6.45, 7) is 5.72. The molecule has 2 aromatic heterocycles. The fourth-order valence-corrected chi connectivity index (χ4v) is 3.12. The van der Waals surface area contributed by atoms with Crippen molar-refractivity contribution in [3.8, 4) is 5.75 Å². The maximum absolute atomic E-state index is 11.2. The monoisotopic (exact) mass is 298 g/mol. The zero-order valence-electron chi connectivity index (χ0n) is 11.7. The smallest absolute Gasteiger partial charge is 0.209 e. The van der Waals surface area contributed by atoms with Crippen LogP contribution in [0.3, 0.4) is 0 Å². The van der Waals surface area contributed by atoms with Gasteiger partial charge in [0.2, 0.25) is 10.0 Å². The van der Waals surface area contributed by atoms with Crippen molar-refractivity contribution in [2.75, 3.05) is 12.4 Å². The number of aromatic nitrogens is 3. The first-order valence-corrected chi connectivity index (χ1v) is 7.81. The van der Waals surface area contributed by atoms with Crippen LogP contribution in [-0.2, 0) is 10.0 Å². The van der Waals surface area contributed by atoms with Crippen molar-refractivity contribution in [2.24, 2.45) is 10.6 Å². The van der Waals surface area contributed by atoms with Gasteiger partial charge in [0.15, 0.2) is 5.65 Å². The lowest BCUT2D eigenvalue weighted by molar-refractivity contribution is 0.198. The molecule has 0 aliphatic heterocycles. The molecule has 0 unspecified atom stereocenters. The van der Waals surface area contributed by atoms with Gasteiger partial charge >= 0.3 is 0 Å². The van der Waals surface area contributed by atoms with E-state index in [2.05, 4.69) is 10.1 Å². The second-order valence-corrected chi connectivity index (χ2v) is 7.26. The third kappa shape index (κ3) is 3.67. The number of hydrogen-bond acceptors (Lipinski definition) is 5. The van der Waals surface area contributed by atoms with Crippen LogP contribution in [-0.4, -0.2) is 35.4 Å². The molecule has 2 aromatic rings. The Bertz CT molecular complexity index is 721. The molecule has 0 spiro atoms. The van der Waals surface area contributed by atoms with Gasteiger partial charge in [-0.15, -0.1) is 0 Å². The molecule has 8 heteroatoms. The van der Waals surface area contributed by atoms with Gasteiger partial charge in [-0.2, -0.15) is 5.10 Å². The minimum Gasteiger partial charge on any atom is -0.491 e. The molecule has 7 nitrogen and oxygen atoms in total. The van der Waals surface area contributed by atoms with E-state index < -0.39 is 15.4 Å². The Labute approximate surface area is 117 Å². The van der Waals surface area contributed by atoms with Crippen LogP contribution >= 0.6 is 0 Å². The first-order chi connectivity index (χ1) is 9.16. The summed E-state index contributed by atoms with van der Waals surface area (Å²) in [5.74, 6) is 0.510. The molecule has 0 saturated heterocycles. The average molecular weight is 298 g/mol. The van der Waals surface area contributed by atoms with E-state index in [0.717, 1.165) is 11.2 Å². The Kier molecular flexibility index (Phi) is 3.70. The van der Waals surface area contributed by atoms with Crippen molar-refractivity contribution in [3.63, 3.8) is 0 Å². The van der Waals surface area contributed by atoms with Crippen LogP contribution in [0, 0.1) is 12.3 Å². The van der Waals surface area contributed by atoms with Crippen LogP contribution < -0.4 is 9.88 Å². The van der Waals surface area contributed by atoms with E-state index in [9.17, 15) is 8.42 Å². The first-order valence-electron chi connectivity index (χ1n) is 6.10. The second-order valence-electron chi connectivity index (χ2n) is 5.64. The molecule has 0 fully saturated rings. The summed E-state index contributed by atoms with van der Waals surface area (Å²) in [6.07, 6.45) is 3.19. The highest BCUT2D eigenvalue weighted by molar-refractivity contribution is 7.89. The highest BCUT2D eigenvalue weighted by atomic mass is 32.2. The van der Waals surface area contributed by atoms with Crippen LogP contribution in [0.25, 0.3) is 5.65 Å². The number of sulfonamides is 1. The van der Waals surface area contributed by atoms with E-state index in [1.807, 2.05) is 13.0 Å². The lowest BCUT2D eigenvalue weighted by atomic mass is 9.98. The molecule has 0 saturated carbocycles. The number of fused-ring (bicyclic) bond motifs is 1. The third-order valence-corrected chi connectivity index (χ3v) is 3.97. The van der Waals surface area contributed by atoms with Gasteiger partial charge < -0.3 is 4.74 Å². The van der Waals surface area contributed by atoms with E-state index in [0.29, 0.717) is 5.75 Å². The van der Waals surface area contributed by atoms with Crippen molar-refractivity contribution in [2.45, 2.75) is 20.8 Å². The van der Waals surface area contributed by atoms with Gasteiger partial charge in [0, 0.05) is 5.41 Å². The quantitative estimate of drug-likeness (QED) is 0.877. The largest absolute Gasteiger partial charge is 0.491 e. The maximum atomic E-state index is 11.2. The fraction of sp³-hybridized carbons (Fsp3) is 0.500. The standard InChI is InChI=1S/C12H18N4O3S/c1-9-4-11-14-8-15-16(11)5-10(9)19-6-12(2,3)7-20(13,17)18/h4-5,8H,6-7H2,1-3H3,(H2,13,17,18). The molecule has 2 N–H and O–H groups in total.